The van der Waals surface area contributed by atoms with Crippen LogP contribution in [0.4, 0.5) is 0 Å². The number of rotatable bonds is 5. The van der Waals surface area contributed by atoms with E-state index in [2.05, 4.69) is 26.2 Å². The van der Waals surface area contributed by atoms with Crippen molar-refractivity contribution in [1.82, 2.24) is 5.43 Å². The molecule has 0 saturated carbocycles. The Bertz CT molecular complexity index is 165. The summed E-state index contributed by atoms with van der Waals surface area (Å²) in [5.74, 6) is 6.33. The Morgan fingerprint density at radius 3 is 2.57 bits per heavy atom. The molecular formula is C11H24N2O. The van der Waals surface area contributed by atoms with Crippen LogP contribution in [-0.4, -0.2) is 18.2 Å². The molecule has 14 heavy (non-hydrogen) atoms. The van der Waals surface area contributed by atoms with Gasteiger partial charge in [-0.25, -0.2) is 0 Å². The number of nitrogens with one attached hydrogen (secondary N) is 1. The Morgan fingerprint density at radius 1 is 1.43 bits per heavy atom. The van der Waals surface area contributed by atoms with E-state index in [1.54, 1.807) is 0 Å². The second kappa shape index (κ2) is 5.10. The summed E-state index contributed by atoms with van der Waals surface area (Å²) >= 11 is 0. The molecule has 1 aliphatic heterocycles. The molecule has 2 unspecified atom stereocenters. The molecule has 3 nitrogen and oxygen atoms in total. The minimum Gasteiger partial charge on any atom is -0.374 e. The lowest BCUT2D eigenvalue weighted by Gasteiger charge is -2.33. The van der Waals surface area contributed by atoms with E-state index in [-0.39, 0.29) is 5.60 Å². The summed E-state index contributed by atoms with van der Waals surface area (Å²) in [6.07, 6.45) is 4.59. The van der Waals surface area contributed by atoms with Gasteiger partial charge in [0.2, 0.25) is 0 Å². The smallest absolute Gasteiger partial charge is 0.0821 e. The van der Waals surface area contributed by atoms with Gasteiger partial charge in [-0.2, -0.15) is 0 Å². The summed E-state index contributed by atoms with van der Waals surface area (Å²) in [6, 6.07) is 0.299. The van der Waals surface area contributed by atoms with E-state index in [0.29, 0.717) is 6.04 Å². The minimum atomic E-state index is -0.0381. The van der Waals surface area contributed by atoms with E-state index < -0.39 is 0 Å². The molecule has 0 spiro atoms. The third-order valence-electron chi connectivity index (χ3n) is 3.22. The van der Waals surface area contributed by atoms with Crippen molar-refractivity contribution >= 4 is 0 Å². The van der Waals surface area contributed by atoms with Crippen molar-refractivity contribution in [1.29, 1.82) is 0 Å². The van der Waals surface area contributed by atoms with Crippen molar-refractivity contribution in [2.75, 3.05) is 6.61 Å². The van der Waals surface area contributed by atoms with Crippen LogP contribution >= 0.6 is 0 Å². The molecule has 0 radical (unpaired) electrons. The van der Waals surface area contributed by atoms with Crippen LogP contribution in [0.15, 0.2) is 0 Å². The Hall–Kier alpha value is -0.120. The van der Waals surface area contributed by atoms with Gasteiger partial charge in [-0.1, -0.05) is 13.8 Å². The number of hydrazine groups is 1. The van der Waals surface area contributed by atoms with Crippen LogP contribution in [0.3, 0.4) is 0 Å². The van der Waals surface area contributed by atoms with Gasteiger partial charge in [-0.15, -0.1) is 0 Å². The molecule has 0 aliphatic carbocycles. The fourth-order valence-electron chi connectivity index (χ4n) is 2.14. The topological polar surface area (TPSA) is 47.3 Å². The Kier molecular flexibility index (Phi) is 4.35. The number of ether oxygens (including phenoxy) is 1. The molecule has 1 saturated heterocycles. The molecule has 1 fully saturated rings. The van der Waals surface area contributed by atoms with E-state index in [1.807, 2.05) is 0 Å². The van der Waals surface area contributed by atoms with E-state index >= 15 is 0 Å². The fraction of sp³-hybridized carbons (Fsp3) is 1.00. The fourth-order valence-corrected chi connectivity index (χ4v) is 2.14. The minimum absolute atomic E-state index is 0.0381. The van der Waals surface area contributed by atoms with Gasteiger partial charge in [-0.05, 0) is 38.5 Å². The highest BCUT2D eigenvalue weighted by atomic mass is 16.5. The van der Waals surface area contributed by atoms with E-state index in [1.165, 1.54) is 6.42 Å². The van der Waals surface area contributed by atoms with Crippen molar-refractivity contribution in [3.8, 4) is 0 Å². The van der Waals surface area contributed by atoms with Gasteiger partial charge in [0.05, 0.1) is 5.60 Å². The summed E-state index contributed by atoms with van der Waals surface area (Å²) in [4.78, 5) is 0. The number of hydrogen-bond acceptors (Lipinski definition) is 3. The maximum Gasteiger partial charge on any atom is 0.0821 e. The molecule has 84 valence electrons. The van der Waals surface area contributed by atoms with E-state index in [4.69, 9.17) is 10.6 Å². The third kappa shape index (κ3) is 2.94. The normalized spacial score (nSPS) is 29.8. The van der Waals surface area contributed by atoms with Crippen molar-refractivity contribution in [3.05, 3.63) is 0 Å². The highest BCUT2D eigenvalue weighted by Gasteiger charge is 2.37. The van der Waals surface area contributed by atoms with Crippen molar-refractivity contribution in [3.63, 3.8) is 0 Å². The first-order valence-electron chi connectivity index (χ1n) is 5.68. The lowest BCUT2D eigenvalue weighted by atomic mass is 9.88. The first kappa shape index (κ1) is 12.0. The van der Waals surface area contributed by atoms with Crippen LogP contribution in [0.2, 0.25) is 0 Å². The van der Waals surface area contributed by atoms with Crippen molar-refractivity contribution in [2.45, 2.75) is 58.1 Å². The molecule has 3 heteroatoms. The second-order valence-electron chi connectivity index (χ2n) is 4.96. The van der Waals surface area contributed by atoms with Crippen LogP contribution in [0.25, 0.3) is 0 Å². The zero-order chi connectivity index (χ0) is 10.6. The zero-order valence-corrected chi connectivity index (χ0v) is 9.68. The van der Waals surface area contributed by atoms with Crippen LogP contribution in [0.5, 0.6) is 0 Å². The molecule has 0 aromatic rings. The van der Waals surface area contributed by atoms with Gasteiger partial charge in [0.15, 0.2) is 0 Å². The molecule has 0 aromatic carbocycles. The van der Waals surface area contributed by atoms with Crippen molar-refractivity contribution < 1.29 is 4.74 Å². The molecule has 1 rings (SSSR count). The monoisotopic (exact) mass is 200 g/mol. The maximum atomic E-state index is 5.78. The molecule has 0 bridgehead atoms. The zero-order valence-electron chi connectivity index (χ0n) is 9.68. The van der Waals surface area contributed by atoms with Gasteiger partial charge in [0.25, 0.3) is 0 Å². The average molecular weight is 200 g/mol. The summed E-state index contributed by atoms with van der Waals surface area (Å²) in [5, 5.41) is 0. The first-order valence-corrected chi connectivity index (χ1v) is 5.68. The molecule has 1 aliphatic rings. The summed E-state index contributed by atoms with van der Waals surface area (Å²) < 4.78 is 5.78. The summed E-state index contributed by atoms with van der Waals surface area (Å²) in [7, 11) is 0. The SMILES string of the molecule is CC(C)CCC(NN)C1(C)CCCO1. The van der Waals surface area contributed by atoms with Gasteiger partial charge in [-0.3, -0.25) is 11.3 Å². The Labute approximate surface area is 87.4 Å². The van der Waals surface area contributed by atoms with E-state index in [9.17, 15) is 0 Å². The highest BCUT2D eigenvalue weighted by Crippen LogP contribution is 2.30. The molecule has 0 amide bonds. The van der Waals surface area contributed by atoms with Crippen LogP contribution < -0.4 is 11.3 Å². The Morgan fingerprint density at radius 2 is 2.14 bits per heavy atom. The first-order chi connectivity index (χ1) is 6.58. The van der Waals surface area contributed by atoms with Gasteiger partial charge in [0.1, 0.15) is 0 Å². The predicted octanol–water partition coefficient (Wildman–Crippen LogP) is 1.82. The molecule has 0 aromatic heterocycles. The largest absolute Gasteiger partial charge is 0.374 e. The summed E-state index contributed by atoms with van der Waals surface area (Å²) in [6.45, 7) is 7.54. The quantitative estimate of drug-likeness (QED) is 0.526. The van der Waals surface area contributed by atoms with E-state index in [0.717, 1.165) is 31.8 Å². The summed E-state index contributed by atoms with van der Waals surface area (Å²) in [5.41, 5.74) is 2.88. The Balaban J connectivity index is 2.43. The van der Waals surface area contributed by atoms with Gasteiger partial charge < -0.3 is 4.74 Å². The molecule has 3 N–H and O–H groups in total. The lowest BCUT2D eigenvalue weighted by Crippen LogP contribution is -2.51. The number of hydrogen-bond donors (Lipinski definition) is 2. The van der Waals surface area contributed by atoms with Crippen LogP contribution in [-0.2, 0) is 4.74 Å². The third-order valence-corrected chi connectivity index (χ3v) is 3.22. The standard InChI is InChI=1S/C11H24N2O/c1-9(2)5-6-10(13-12)11(3)7-4-8-14-11/h9-10,13H,4-8,12H2,1-3H3. The number of nitrogens with two attached hydrogens (primary N) is 1. The predicted molar refractivity (Wildman–Crippen MR) is 58.8 cm³/mol. The maximum absolute atomic E-state index is 5.78. The van der Waals surface area contributed by atoms with Crippen LogP contribution in [0, 0.1) is 5.92 Å². The molecule has 1 heterocycles. The van der Waals surface area contributed by atoms with Crippen molar-refractivity contribution in [2.24, 2.45) is 11.8 Å². The van der Waals surface area contributed by atoms with Crippen LogP contribution in [0.1, 0.15) is 46.5 Å². The second-order valence-corrected chi connectivity index (χ2v) is 4.96. The lowest BCUT2D eigenvalue weighted by molar-refractivity contribution is -0.0151. The highest BCUT2D eigenvalue weighted by molar-refractivity contribution is 4.91. The van der Waals surface area contributed by atoms with Gasteiger partial charge >= 0.3 is 0 Å². The van der Waals surface area contributed by atoms with Gasteiger partial charge in [0, 0.05) is 12.6 Å². The molecular weight excluding hydrogens is 176 g/mol. The average Bonchev–Trinajstić information content (AvgIpc) is 2.53. The molecule has 2 atom stereocenters.